The monoisotopic (exact) mass is 356 g/mol. The molecule has 1 saturated heterocycles. The molecule has 0 unspecified atom stereocenters. The van der Waals surface area contributed by atoms with E-state index < -0.39 is 5.41 Å². The number of hydrogen-bond acceptors (Lipinski definition) is 5. The van der Waals surface area contributed by atoms with Crippen molar-refractivity contribution < 1.29 is 9.53 Å². The fourth-order valence-corrected chi connectivity index (χ4v) is 3.57. The third-order valence-corrected chi connectivity index (χ3v) is 5.62. The Hall–Kier alpha value is -2.18. The maximum absolute atomic E-state index is 12.9. The Balaban J connectivity index is 1.96. The van der Waals surface area contributed by atoms with Crippen LogP contribution in [-0.2, 0) is 9.53 Å². The van der Waals surface area contributed by atoms with Crippen LogP contribution in [0.3, 0.4) is 0 Å². The molecule has 3 N–H and O–H groups in total. The topological polar surface area (TPSA) is 80.5 Å². The zero-order valence-electron chi connectivity index (χ0n) is 15.6. The van der Waals surface area contributed by atoms with Crippen molar-refractivity contribution >= 4 is 28.1 Å². The minimum absolute atomic E-state index is 0.0192. The number of pyridine rings is 1. The van der Waals surface area contributed by atoms with E-state index in [-0.39, 0.29) is 5.91 Å². The summed E-state index contributed by atoms with van der Waals surface area (Å²) in [5.41, 5.74) is 7.34. The number of aromatic nitrogens is 1. The number of nitrogens with two attached hydrogens (primary N) is 1. The van der Waals surface area contributed by atoms with Gasteiger partial charge in [-0.3, -0.25) is 9.78 Å². The molecule has 6 heteroatoms. The number of amides is 1. The van der Waals surface area contributed by atoms with Crippen LogP contribution in [0.1, 0.15) is 26.7 Å². The van der Waals surface area contributed by atoms with Crippen molar-refractivity contribution in [1.29, 1.82) is 0 Å². The fraction of sp³-hybridized carbons (Fsp3) is 0.500. The van der Waals surface area contributed by atoms with Crippen molar-refractivity contribution in [2.45, 2.75) is 26.7 Å². The van der Waals surface area contributed by atoms with Gasteiger partial charge in [0.2, 0.25) is 5.91 Å². The van der Waals surface area contributed by atoms with Crippen LogP contribution in [0, 0.1) is 5.41 Å². The summed E-state index contributed by atoms with van der Waals surface area (Å²) < 4.78 is 5.46. The molecule has 0 spiro atoms. The highest BCUT2D eigenvalue weighted by atomic mass is 16.5. The molecule has 2 heterocycles. The summed E-state index contributed by atoms with van der Waals surface area (Å²) in [6, 6.07) is 6.05. The number of carbonyl (C=O) groups is 1. The van der Waals surface area contributed by atoms with E-state index in [9.17, 15) is 4.79 Å². The average Bonchev–Trinajstić information content (AvgIpc) is 2.71. The molecule has 0 aliphatic carbocycles. The Bertz CT molecular complexity index is 759. The number of nitrogens with one attached hydrogen (secondary N) is 1. The van der Waals surface area contributed by atoms with Crippen molar-refractivity contribution in [1.82, 2.24) is 4.98 Å². The van der Waals surface area contributed by atoms with Crippen molar-refractivity contribution in [2.24, 2.45) is 11.1 Å². The number of anilines is 2. The standard InChI is InChI=1S/C20H28N4O2/c1-3-20(4-2,14-21)19(25)23-17-5-6-18(24-9-11-26-12-10-24)15-7-8-22-13-16(15)17/h5-8,13H,3-4,9-12,14,21H2,1-2H3,(H,23,25). The second kappa shape index (κ2) is 8.01. The van der Waals surface area contributed by atoms with Crippen LogP contribution in [0.4, 0.5) is 11.4 Å². The molecule has 1 aromatic heterocycles. The second-order valence-corrected chi connectivity index (χ2v) is 6.80. The van der Waals surface area contributed by atoms with Gasteiger partial charge in [-0.1, -0.05) is 13.8 Å². The van der Waals surface area contributed by atoms with Crippen LogP contribution >= 0.6 is 0 Å². The van der Waals surface area contributed by atoms with Crippen molar-refractivity contribution in [3.05, 3.63) is 30.6 Å². The molecular formula is C20H28N4O2. The molecule has 0 radical (unpaired) electrons. The fourth-order valence-electron chi connectivity index (χ4n) is 3.57. The highest BCUT2D eigenvalue weighted by Gasteiger charge is 2.33. The van der Waals surface area contributed by atoms with Gasteiger partial charge in [-0.2, -0.15) is 0 Å². The smallest absolute Gasteiger partial charge is 0.231 e. The Morgan fingerprint density at radius 2 is 1.96 bits per heavy atom. The van der Waals surface area contributed by atoms with E-state index in [2.05, 4.69) is 21.3 Å². The first-order valence-electron chi connectivity index (χ1n) is 9.36. The molecular weight excluding hydrogens is 328 g/mol. The summed E-state index contributed by atoms with van der Waals surface area (Å²) in [5.74, 6) is -0.0192. The summed E-state index contributed by atoms with van der Waals surface area (Å²) in [5, 5.41) is 5.14. The van der Waals surface area contributed by atoms with Crippen LogP contribution in [0.25, 0.3) is 10.8 Å². The zero-order chi connectivity index (χ0) is 18.6. The molecule has 0 atom stereocenters. The number of morpholine rings is 1. The number of benzene rings is 1. The number of fused-ring (bicyclic) bond motifs is 1. The molecule has 2 aromatic rings. The van der Waals surface area contributed by atoms with E-state index in [1.165, 1.54) is 0 Å². The van der Waals surface area contributed by atoms with Gasteiger partial charge < -0.3 is 20.7 Å². The minimum Gasteiger partial charge on any atom is -0.378 e. The van der Waals surface area contributed by atoms with Gasteiger partial charge in [0.25, 0.3) is 0 Å². The molecule has 1 amide bonds. The van der Waals surface area contributed by atoms with Gasteiger partial charge in [-0.25, -0.2) is 0 Å². The van der Waals surface area contributed by atoms with Crippen LogP contribution in [0.2, 0.25) is 0 Å². The maximum Gasteiger partial charge on any atom is 0.231 e. The highest BCUT2D eigenvalue weighted by Crippen LogP contribution is 2.34. The summed E-state index contributed by atoms with van der Waals surface area (Å²) in [6.45, 7) is 7.56. The van der Waals surface area contributed by atoms with E-state index >= 15 is 0 Å². The van der Waals surface area contributed by atoms with Gasteiger partial charge >= 0.3 is 0 Å². The van der Waals surface area contributed by atoms with Crippen molar-refractivity contribution in [3.63, 3.8) is 0 Å². The third kappa shape index (κ3) is 3.39. The molecule has 0 bridgehead atoms. The van der Waals surface area contributed by atoms with E-state index in [0.29, 0.717) is 19.4 Å². The Morgan fingerprint density at radius 1 is 1.23 bits per heavy atom. The number of hydrogen-bond donors (Lipinski definition) is 2. The molecule has 1 aliphatic rings. The summed E-state index contributed by atoms with van der Waals surface area (Å²) in [6.07, 6.45) is 5.04. The normalized spacial score (nSPS) is 15.3. The molecule has 140 valence electrons. The highest BCUT2D eigenvalue weighted by molar-refractivity contribution is 6.07. The lowest BCUT2D eigenvalue weighted by Gasteiger charge is -2.31. The van der Waals surface area contributed by atoms with E-state index in [4.69, 9.17) is 10.5 Å². The molecule has 26 heavy (non-hydrogen) atoms. The second-order valence-electron chi connectivity index (χ2n) is 6.80. The Kier molecular flexibility index (Phi) is 5.74. The number of ether oxygens (including phenoxy) is 1. The number of carbonyl (C=O) groups excluding carboxylic acids is 1. The van der Waals surface area contributed by atoms with E-state index in [1.54, 1.807) is 6.20 Å². The molecule has 1 aromatic carbocycles. The van der Waals surface area contributed by atoms with Gasteiger partial charge in [-0.15, -0.1) is 0 Å². The van der Waals surface area contributed by atoms with Crippen molar-refractivity contribution in [3.8, 4) is 0 Å². The molecule has 1 aliphatic heterocycles. The van der Waals surface area contributed by atoms with Gasteiger partial charge in [0.15, 0.2) is 0 Å². The van der Waals surface area contributed by atoms with Crippen LogP contribution in [0.15, 0.2) is 30.6 Å². The minimum atomic E-state index is -0.530. The Labute approximate surface area is 154 Å². The van der Waals surface area contributed by atoms with Gasteiger partial charge in [0.05, 0.1) is 24.3 Å². The van der Waals surface area contributed by atoms with E-state index in [1.807, 2.05) is 32.2 Å². The Morgan fingerprint density at radius 3 is 2.62 bits per heavy atom. The molecule has 0 saturated carbocycles. The summed E-state index contributed by atoms with van der Waals surface area (Å²) in [7, 11) is 0. The van der Waals surface area contributed by atoms with Crippen LogP contribution < -0.4 is 16.0 Å². The number of nitrogens with zero attached hydrogens (tertiary/aromatic N) is 2. The number of rotatable bonds is 6. The third-order valence-electron chi connectivity index (χ3n) is 5.62. The predicted molar refractivity (Wildman–Crippen MR) is 105 cm³/mol. The summed E-state index contributed by atoms with van der Waals surface area (Å²) in [4.78, 5) is 19.5. The zero-order valence-corrected chi connectivity index (χ0v) is 15.6. The van der Waals surface area contributed by atoms with E-state index in [0.717, 1.165) is 48.5 Å². The quantitative estimate of drug-likeness (QED) is 0.832. The van der Waals surface area contributed by atoms with Gasteiger partial charge in [0, 0.05) is 48.5 Å². The lowest BCUT2D eigenvalue weighted by atomic mass is 9.81. The first-order chi connectivity index (χ1) is 12.6. The van der Waals surface area contributed by atoms with Crippen LogP contribution in [-0.4, -0.2) is 43.7 Å². The first-order valence-corrected chi connectivity index (χ1v) is 9.36. The molecule has 6 nitrogen and oxygen atoms in total. The lowest BCUT2D eigenvalue weighted by molar-refractivity contribution is -0.125. The van der Waals surface area contributed by atoms with Gasteiger partial charge in [-0.05, 0) is 31.0 Å². The van der Waals surface area contributed by atoms with Crippen LogP contribution in [0.5, 0.6) is 0 Å². The lowest BCUT2D eigenvalue weighted by Crippen LogP contribution is -2.41. The SMILES string of the molecule is CCC(CC)(CN)C(=O)Nc1ccc(N2CCOCC2)c2ccncc12. The molecule has 1 fully saturated rings. The van der Waals surface area contributed by atoms with Gasteiger partial charge in [0.1, 0.15) is 0 Å². The molecule has 3 rings (SSSR count). The van der Waals surface area contributed by atoms with Crippen molar-refractivity contribution in [2.75, 3.05) is 43.1 Å². The maximum atomic E-state index is 12.9. The summed E-state index contributed by atoms with van der Waals surface area (Å²) >= 11 is 0. The predicted octanol–water partition coefficient (Wildman–Crippen LogP) is 2.78. The largest absolute Gasteiger partial charge is 0.378 e. The first kappa shape index (κ1) is 18.6. The average molecular weight is 356 g/mol.